The quantitative estimate of drug-likeness (QED) is 0.480. The van der Waals surface area contributed by atoms with Gasteiger partial charge in [0.05, 0.1) is 16.9 Å². The molecule has 0 aliphatic heterocycles. The third kappa shape index (κ3) is 4.39. The number of benzene rings is 1. The summed E-state index contributed by atoms with van der Waals surface area (Å²) in [6, 6.07) is 9.64. The molecule has 0 radical (unpaired) electrons. The number of rotatable bonds is 4. The average molecular weight is 387 g/mol. The molecule has 3 rings (SSSR count). The minimum atomic E-state index is -0.752. The first-order valence-electron chi connectivity index (χ1n) is 9.05. The van der Waals surface area contributed by atoms with Crippen molar-refractivity contribution in [2.24, 2.45) is 5.10 Å². The number of halogens is 1. The number of aromatic nitrogens is 1. The number of carbonyl (C=O) groups excluding carboxylic acids is 2. The highest BCUT2D eigenvalue weighted by Gasteiger charge is 2.21. The fraction of sp³-hybridized carbons (Fsp3) is 0.350. The van der Waals surface area contributed by atoms with Gasteiger partial charge in [0, 0.05) is 23.0 Å². The largest absolute Gasteiger partial charge is 0.345 e. The number of carbonyl (C=O) groups is 2. The number of nitrogens with one attached hydrogen (secondary N) is 2. The molecule has 1 aromatic heterocycles. The summed E-state index contributed by atoms with van der Waals surface area (Å²) >= 11 is 6.31. The van der Waals surface area contributed by atoms with Gasteiger partial charge in [-0.15, -0.1) is 0 Å². The van der Waals surface area contributed by atoms with E-state index < -0.39 is 11.8 Å². The number of hydrogen-bond donors (Lipinski definition) is 2. The van der Waals surface area contributed by atoms with Gasteiger partial charge >= 0.3 is 11.8 Å². The maximum Gasteiger partial charge on any atom is 0.329 e. The van der Waals surface area contributed by atoms with Crippen LogP contribution in [0.5, 0.6) is 0 Å². The van der Waals surface area contributed by atoms with Crippen LogP contribution in [0.25, 0.3) is 5.69 Å². The smallest absolute Gasteiger partial charge is 0.329 e. The lowest BCUT2D eigenvalue weighted by Gasteiger charge is -2.11. The second kappa shape index (κ2) is 8.39. The Morgan fingerprint density at radius 3 is 2.59 bits per heavy atom. The van der Waals surface area contributed by atoms with E-state index in [2.05, 4.69) is 15.8 Å². The first-order chi connectivity index (χ1) is 13.0. The Morgan fingerprint density at radius 2 is 1.89 bits per heavy atom. The fourth-order valence-electron chi connectivity index (χ4n) is 3.45. The van der Waals surface area contributed by atoms with Gasteiger partial charge in [0.1, 0.15) is 0 Å². The lowest BCUT2D eigenvalue weighted by atomic mass is 10.2. The van der Waals surface area contributed by atoms with E-state index in [-0.39, 0.29) is 6.04 Å². The van der Waals surface area contributed by atoms with E-state index in [0.29, 0.717) is 5.02 Å². The zero-order valence-electron chi connectivity index (χ0n) is 15.5. The van der Waals surface area contributed by atoms with E-state index in [9.17, 15) is 9.59 Å². The van der Waals surface area contributed by atoms with Gasteiger partial charge in [0.15, 0.2) is 0 Å². The van der Waals surface area contributed by atoms with E-state index in [1.54, 1.807) is 0 Å². The third-order valence-corrected chi connectivity index (χ3v) is 5.15. The number of aryl methyl sites for hydroxylation is 1. The fourth-order valence-corrected chi connectivity index (χ4v) is 3.67. The molecule has 2 amide bonds. The molecule has 1 aromatic carbocycles. The summed E-state index contributed by atoms with van der Waals surface area (Å²) in [6.07, 6.45) is 5.57. The molecular formula is C20H23ClN4O2. The summed E-state index contributed by atoms with van der Waals surface area (Å²) in [5.74, 6) is -1.39. The average Bonchev–Trinajstić information content (AvgIpc) is 3.24. The number of nitrogens with zero attached hydrogens (tertiary/aromatic N) is 2. The highest BCUT2D eigenvalue weighted by Crippen LogP contribution is 2.25. The van der Waals surface area contributed by atoms with E-state index in [1.807, 2.05) is 48.7 Å². The minimum absolute atomic E-state index is 0.0989. The molecule has 1 aliphatic rings. The summed E-state index contributed by atoms with van der Waals surface area (Å²) in [5, 5.41) is 7.33. The van der Waals surface area contributed by atoms with Gasteiger partial charge in [-0.25, -0.2) is 5.43 Å². The molecule has 0 saturated heterocycles. The lowest BCUT2D eigenvalue weighted by molar-refractivity contribution is -0.139. The summed E-state index contributed by atoms with van der Waals surface area (Å²) in [7, 11) is 0. The highest BCUT2D eigenvalue weighted by atomic mass is 35.5. The van der Waals surface area contributed by atoms with Crippen molar-refractivity contribution in [3.8, 4) is 5.69 Å². The Morgan fingerprint density at radius 1 is 1.19 bits per heavy atom. The Hall–Kier alpha value is -2.60. The van der Waals surface area contributed by atoms with Gasteiger partial charge in [0.2, 0.25) is 0 Å². The first-order valence-corrected chi connectivity index (χ1v) is 9.43. The lowest BCUT2D eigenvalue weighted by Crippen LogP contribution is -2.42. The van der Waals surface area contributed by atoms with Gasteiger partial charge in [-0.05, 0) is 44.9 Å². The van der Waals surface area contributed by atoms with E-state index in [4.69, 9.17) is 11.6 Å². The molecule has 1 saturated carbocycles. The van der Waals surface area contributed by atoms with Gasteiger partial charge < -0.3 is 9.88 Å². The maximum atomic E-state index is 11.9. The molecule has 2 aromatic rings. The second-order valence-electron chi connectivity index (χ2n) is 6.77. The molecule has 7 heteroatoms. The second-order valence-corrected chi connectivity index (χ2v) is 7.17. The molecule has 2 N–H and O–H groups in total. The van der Waals surface area contributed by atoms with Crippen molar-refractivity contribution in [3.05, 3.63) is 52.3 Å². The molecule has 0 unspecified atom stereocenters. The van der Waals surface area contributed by atoms with Gasteiger partial charge in [-0.2, -0.15) is 5.10 Å². The van der Waals surface area contributed by atoms with Crippen LogP contribution >= 0.6 is 11.6 Å². The number of hydrogen-bond acceptors (Lipinski definition) is 3. The van der Waals surface area contributed by atoms with Crippen molar-refractivity contribution in [2.75, 3.05) is 0 Å². The summed E-state index contributed by atoms with van der Waals surface area (Å²) in [6.45, 7) is 3.92. The molecule has 1 fully saturated rings. The van der Waals surface area contributed by atoms with Crippen molar-refractivity contribution < 1.29 is 9.59 Å². The van der Waals surface area contributed by atoms with Crippen LogP contribution in [0, 0.1) is 13.8 Å². The van der Waals surface area contributed by atoms with Crippen LogP contribution in [0.2, 0.25) is 5.02 Å². The molecule has 0 atom stereocenters. The van der Waals surface area contributed by atoms with Crippen LogP contribution in [0.1, 0.15) is 42.6 Å². The van der Waals surface area contributed by atoms with Crippen LogP contribution in [0.15, 0.2) is 35.4 Å². The van der Waals surface area contributed by atoms with E-state index in [1.165, 1.54) is 6.21 Å². The number of para-hydroxylation sites is 1. The van der Waals surface area contributed by atoms with Gasteiger partial charge in [-0.3, -0.25) is 9.59 Å². The van der Waals surface area contributed by atoms with Gasteiger partial charge in [0.25, 0.3) is 0 Å². The topological polar surface area (TPSA) is 75.5 Å². The Balaban J connectivity index is 1.67. The van der Waals surface area contributed by atoms with Crippen molar-refractivity contribution in [1.29, 1.82) is 0 Å². The zero-order valence-corrected chi connectivity index (χ0v) is 16.2. The molecule has 1 aliphatic carbocycles. The normalized spacial score (nSPS) is 14.6. The maximum absolute atomic E-state index is 11.9. The zero-order chi connectivity index (χ0) is 19.4. The molecule has 0 bridgehead atoms. The number of hydrazone groups is 1. The summed E-state index contributed by atoms with van der Waals surface area (Å²) in [4.78, 5) is 23.8. The molecular weight excluding hydrogens is 364 g/mol. The Labute approximate surface area is 163 Å². The predicted molar refractivity (Wildman–Crippen MR) is 106 cm³/mol. The molecule has 1 heterocycles. The third-order valence-electron chi connectivity index (χ3n) is 4.83. The Bertz CT molecular complexity index is 882. The Kier molecular flexibility index (Phi) is 5.96. The SMILES string of the molecule is Cc1cc(/C=N\NC(=O)C(=O)NC2CCCC2)c(C)n1-c1ccccc1Cl. The van der Waals surface area contributed by atoms with Crippen molar-refractivity contribution in [2.45, 2.75) is 45.6 Å². The van der Waals surface area contributed by atoms with Crippen molar-refractivity contribution in [3.63, 3.8) is 0 Å². The van der Waals surface area contributed by atoms with Crippen LogP contribution in [0.3, 0.4) is 0 Å². The van der Waals surface area contributed by atoms with Crippen molar-refractivity contribution >= 4 is 29.6 Å². The minimum Gasteiger partial charge on any atom is -0.345 e. The summed E-state index contributed by atoms with van der Waals surface area (Å²) < 4.78 is 2.03. The molecule has 27 heavy (non-hydrogen) atoms. The van der Waals surface area contributed by atoms with Crippen molar-refractivity contribution in [1.82, 2.24) is 15.3 Å². The molecule has 6 nitrogen and oxygen atoms in total. The van der Waals surface area contributed by atoms with Gasteiger partial charge in [-0.1, -0.05) is 36.6 Å². The highest BCUT2D eigenvalue weighted by molar-refractivity contribution is 6.35. The van der Waals surface area contributed by atoms with Crippen LogP contribution in [0.4, 0.5) is 0 Å². The van der Waals surface area contributed by atoms with Crippen LogP contribution in [-0.4, -0.2) is 28.6 Å². The standard InChI is InChI=1S/C20H23ClN4O2/c1-13-11-15(14(2)25(13)18-10-6-5-9-17(18)21)12-22-24-20(27)19(26)23-16-7-3-4-8-16/h5-6,9-12,16H,3-4,7-8H2,1-2H3,(H,23,26)(H,24,27)/b22-12-. The molecule has 0 spiro atoms. The van der Waals surface area contributed by atoms with E-state index >= 15 is 0 Å². The summed E-state index contributed by atoms with van der Waals surface area (Å²) in [5.41, 5.74) is 5.95. The van der Waals surface area contributed by atoms with Crippen LogP contribution in [-0.2, 0) is 9.59 Å². The number of amides is 2. The van der Waals surface area contributed by atoms with E-state index in [0.717, 1.165) is 48.3 Å². The van der Waals surface area contributed by atoms with Crippen LogP contribution < -0.4 is 10.7 Å². The monoisotopic (exact) mass is 386 g/mol. The first kappa shape index (κ1) is 19.2. The predicted octanol–water partition coefficient (Wildman–Crippen LogP) is 3.26. The molecule has 142 valence electrons.